The Morgan fingerprint density at radius 1 is 1.06 bits per heavy atom. The van der Waals surface area contributed by atoms with E-state index >= 15 is 0 Å². The Morgan fingerprint density at radius 3 is 2.62 bits per heavy atom. The topological polar surface area (TPSA) is 98.0 Å². The lowest BCUT2D eigenvalue weighted by molar-refractivity contribution is -0.130. The number of carbonyl (C=O) groups is 1. The van der Waals surface area contributed by atoms with Gasteiger partial charge in [-0.3, -0.25) is 4.79 Å². The van der Waals surface area contributed by atoms with Crippen molar-refractivity contribution in [1.82, 2.24) is 29.5 Å². The molecule has 1 aliphatic rings. The summed E-state index contributed by atoms with van der Waals surface area (Å²) in [5, 5.41) is 7.08. The zero-order chi connectivity index (χ0) is 23.7. The standard InChI is InChI=1S/C23H25N7O3S/c1-15-10-20(30-23(26-15)24-14-25-30)28-6-8-29(9-7-28)21(31)12-17-13-34-22(27-17)16-4-5-18(32-2)19(11-16)33-3/h4-5,10-11,13-14H,6-9,12H2,1-3H3. The highest BCUT2D eigenvalue weighted by Gasteiger charge is 2.24. The molecule has 0 bridgehead atoms. The van der Waals surface area contributed by atoms with Crippen LogP contribution in [0.4, 0.5) is 5.82 Å². The van der Waals surface area contributed by atoms with Crippen molar-refractivity contribution in [2.75, 3.05) is 45.3 Å². The summed E-state index contributed by atoms with van der Waals surface area (Å²) in [6.45, 7) is 4.67. The number of hydrogen-bond donors (Lipinski definition) is 0. The number of carbonyl (C=O) groups excluding carboxylic acids is 1. The van der Waals surface area contributed by atoms with Crippen LogP contribution in [0.2, 0.25) is 0 Å². The fourth-order valence-corrected chi connectivity index (χ4v) is 4.89. The maximum atomic E-state index is 13.0. The Kier molecular flexibility index (Phi) is 6.01. The van der Waals surface area contributed by atoms with Gasteiger partial charge in [-0.1, -0.05) is 0 Å². The number of benzene rings is 1. The third-order valence-corrected chi connectivity index (χ3v) is 6.77. The number of methoxy groups -OCH3 is 2. The van der Waals surface area contributed by atoms with E-state index in [0.717, 1.165) is 40.9 Å². The Balaban J connectivity index is 1.23. The molecule has 1 saturated heterocycles. The lowest BCUT2D eigenvalue weighted by atomic mass is 10.2. The van der Waals surface area contributed by atoms with Gasteiger partial charge in [0.2, 0.25) is 5.91 Å². The van der Waals surface area contributed by atoms with Crippen LogP contribution in [0.1, 0.15) is 11.4 Å². The number of aromatic nitrogens is 5. The first kappa shape index (κ1) is 22.1. The van der Waals surface area contributed by atoms with Gasteiger partial charge in [-0.2, -0.15) is 14.6 Å². The highest BCUT2D eigenvalue weighted by Crippen LogP contribution is 2.33. The van der Waals surface area contributed by atoms with E-state index in [0.29, 0.717) is 30.4 Å². The zero-order valence-electron chi connectivity index (χ0n) is 19.3. The molecular weight excluding hydrogens is 454 g/mol. The molecule has 0 atom stereocenters. The minimum Gasteiger partial charge on any atom is -0.493 e. The summed E-state index contributed by atoms with van der Waals surface area (Å²) in [4.78, 5) is 30.4. The number of piperazine rings is 1. The van der Waals surface area contributed by atoms with Gasteiger partial charge in [0, 0.05) is 48.9 Å². The smallest absolute Gasteiger partial charge is 0.254 e. The molecule has 3 aromatic heterocycles. The Labute approximate surface area is 200 Å². The number of fused-ring (bicyclic) bond motifs is 1. The quantitative estimate of drug-likeness (QED) is 0.416. The van der Waals surface area contributed by atoms with Gasteiger partial charge in [-0.05, 0) is 25.1 Å². The van der Waals surface area contributed by atoms with Crippen LogP contribution >= 0.6 is 11.3 Å². The largest absolute Gasteiger partial charge is 0.493 e. The highest BCUT2D eigenvalue weighted by molar-refractivity contribution is 7.13. The molecule has 1 amide bonds. The van der Waals surface area contributed by atoms with Crippen molar-refractivity contribution < 1.29 is 14.3 Å². The van der Waals surface area contributed by atoms with E-state index in [4.69, 9.17) is 9.47 Å². The van der Waals surface area contributed by atoms with E-state index in [1.54, 1.807) is 18.7 Å². The first-order chi connectivity index (χ1) is 16.6. The summed E-state index contributed by atoms with van der Waals surface area (Å²) in [5.41, 5.74) is 2.60. The Morgan fingerprint density at radius 2 is 1.85 bits per heavy atom. The van der Waals surface area contributed by atoms with Crippen molar-refractivity contribution in [2.45, 2.75) is 13.3 Å². The summed E-state index contributed by atoms with van der Waals surface area (Å²) in [5.74, 6) is 2.94. The third kappa shape index (κ3) is 4.26. The molecule has 0 aliphatic carbocycles. The maximum absolute atomic E-state index is 13.0. The molecule has 1 fully saturated rings. The molecule has 0 saturated carbocycles. The molecule has 0 unspecified atom stereocenters. The van der Waals surface area contributed by atoms with Crippen molar-refractivity contribution >= 4 is 28.8 Å². The second-order valence-corrected chi connectivity index (χ2v) is 8.84. The SMILES string of the molecule is COc1ccc(-c2nc(CC(=O)N3CCN(c4cc(C)nc5ncnn45)CC3)cs2)cc1OC. The van der Waals surface area contributed by atoms with Gasteiger partial charge in [0.05, 0.1) is 26.3 Å². The molecule has 11 heteroatoms. The monoisotopic (exact) mass is 479 g/mol. The van der Waals surface area contributed by atoms with Crippen LogP contribution in [0.15, 0.2) is 36.0 Å². The average molecular weight is 480 g/mol. The van der Waals surface area contributed by atoms with Crippen LogP contribution in [-0.4, -0.2) is 75.8 Å². The summed E-state index contributed by atoms with van der Waals surface area (Å²) >= 11 is 1.52. The molecular formula is C23H25N7O3S. The van der Waals surface area contributed by atoms with Gasteiger partial charge in [0.25, 0.3) is 5.78 Å². The lowest BCUT2D eigenvalue weighted by Gasteiger charge is -2.36. The van der Waals surface area contributed by atoms with Gasteiger partial charge in [0.1, 0.15) is 17.2 Å². The second kappa shape index (κ2) is 9.26. The van der Waals surface area contributed by atoms with Crippen molar-refractivity contribution in [3.8, 4) is 22.1 Å². The van der Waals surface area contributed by atoms with E-state index < -0.39 is 0 Å². The Bertz CT molecular complexity index is 1330. The van der Waals surface area contributed by atoms with Crippen molar-refractivity contribution in [3.05, 3.63) is 47.4 Å². The van der Waals surface area contributed by atoms with Gasteiger partial charge in [0.15, 0.2) is 11.5 Å². The molecule has 34 heavy (non-hydrogen) atoms. The van der Waals surface area contributed by atoms with Crippen LogP contribution in [-0.2, 0) is 11.2 Å². The fraction of sp³-hybridized carbons (Fsp3) is 0.348. The number of thiazole rings is 1. The maximum Gasteiger partial charge on any atom is 0.254 e. The van der Waals surface area contributed by atoms with E-state index in [1.165, 1.54) is 17.7 Å². The summed E-state index contributed by atoms with van der Waals surface area (Å²) in [6, 6.07) is 7.70. The summed E-state index contributed by atoms with van der Waals surface area (Å²) < 4.78 is 12.4. The van der Waals surface area contributed by atoms with E-state index in [9.17, 15) is 4.79 Å². The van der Waals surface area contributed by atoms with E-state index in [1.807, 2.05) is 41.5 Å². The van der Waals surface area contributed by atoms with Crippen LogP contribution in [0.3, 0.4) is 0 Å². The predicted octanol–water partition coefficient (Wildman–Crippen LogP) is 2.46. The van der Waals surface area contributed by atoms with E-state index in [2.05, 4.69) is 25.0 Å². The van der Waals surface area contributed by atoms with Crippen LogP contribution in [0, 0.1) is 6.92 Å². The number of anilines is 1. The number of hydrogen-bond acceptors (Lipinski definition) is 9. The molecule has 1 aromatic carbocycles. The molecule has 5 rings (SSSR count). The molecule has 1 aliphatic heterocycles. The summed E-state index contributed by atoms with van der Waals surface area (Å²) in [6.07, 6.45) is 1.79. The van der Waals surface area contributed by atoms with Crippen LogP contribution < -0.4 is 14.4 Å². The average Bonchev–Trinajstić information content (AvgIpc) is 3.52. The second-order valence-electron chi connectivity index (χ2n) is 7.99. The van der Waals surface area contributed by atoms with Crippen molar-refractivity contribution in [2.24, 2.45) is 0 Å². The number of amides is 1. The minimum absolute atomic E-state index is 0.0839. The van der Waals surface area contributed by atoms with Crippen LogP contribution in [0.25, 0.3) is 16.3 Å². The zero-order valence-corrected chi connectivity index (χ0v) is 20.1. The predicted molar refractivity (Wildman–Crippen MR) is 129 cm³/mol. The first-order valence-corrected chi connectivity index (χ1v) is 11.8. The van der Waals surface area contributed by atoms with Gasteiger partial charge < -0.3 is 19.3 Å². The molecule has 4 aromatic rings. The summed E-state index contributed by atoms with van der Waals surface area (Å²) in [7, 11) is 3.22. The van der Waals surface area contributed by atoms with Gasteiger partial charge in [-0.25, -0.2) is 9.97 Å². The number of nitrogens with zero attached hydrogens (tertiary/aromatic N) is 7. The number of aryl methyl sites for hydroxylation is 1. The normalized spacial score (nSPS) is 14.0. The molecule has 0 radical (unpaired) electrons. The Hall–Kier alpha value is -3.73. The molecule has 4 heterocycles. The van der Waals surface area contributed by atoms with Crippen LogP contribution in [0.5, 0.6) is 11.5 Å². The number of rotatable bonds is 6. The fourth-order valence-electron chi connectivity index (χ4n) is 4.08. The van der Waals surface area contributed by atoms with Gasteiger partial charge >= 0.3 is 0 Å². The van der Waals surface area contributed by atoms with Crippen molar-refractivity contribution in [1.29, 1.82) is 0 Å². The third-order valence-electron chi connectivity index (χ3n) is 5.83. The molecule has 0 spiro atoms. The minimum atomic E-state index is 0.0839. The highest BCUT2D eigenvalue weighted by atomic mass is 32.1. The van der Waals surface area contributed by atoms with Crippen molar-refractivity contribution in [3.63, 3.8) is 0 Å². The first-order valence-electron chi connectivity index (χ1n) is 10.9. The van der Waals surface area contributed by atoms with E-state index in [-0.39, 0.29) is 12.3 Å². The molecule has 176 valence electrons. The number of ether oxygens (including phenoxy) is 2. The van der Waals surface area contributed by atoms with Gasteiger partial charge in [-0.15, -0.1) is 11.3 Å². The molecule has 10 nitrogen and oxygen atoms in total. The molecule has 0 N–H and O–H groups in total. The lowest BCUT2D eigenvalue weighted by Crippen LogP contribution is -2.49.